The van der Waals surface area contributed by atoms with Crippen molar-refractivity contribution in [1.82, 2.24) is 10.6 Å². The third kappa shape index (κ3) is 1.78. The zero-order chi connectivity index (χ0) is 9.42. The number of rotatable bonds is 0. The van der Waals surface area contributed by atoms with Crippen LogP contribution in [-0.2, 0) is 4.79 Å². The summed E-state index contributed by atoms with van der Waals surface area (Å²) >= 11 is 12.0. The number of carbonyl (C=O) groups is 1. The lowest BCUT2D eigenvalue weighted by Gasteiger charge is -2.40. The van der Waals surface area contributed by atoms with E-state index < -0.39 is 0 Å². The number of nitrogens with one attached hydrogen (secondary N) is 2. The number of halogens is 2. The molecule has 2 aliphatic rings. The summed E-state index contributed by atoms with van der Waals surface area (Å²) < 4.78 is 0. The molecule has 2 fully saturated rings. The Bertz CT molecular complexity index is 224. The van der Waals surface area contributed by atoms with E-state index in [1.165, 1.54) is 0 Å². The zero-order valence-corrected chi connectivity index (χ0v) is 8.61. The molecule has 0 aliphatic carbocycles. The number of fused-ring (bicyclic) bond motifs is 1. The molecule has 0 saturated carbocycles. The highest BCUT2D eigenvalue weighted by Gasteiger charge is 2.42. The van der Waals surface area contributed by atoms with E-state index >= 15 is 0 Å². The lowest BCUT2D eigenvalue weighted by molar-refractivity contribution is -0.130. The Labute approximate surface area is 87.1 Å². The normalized spacial score (nSPS) is 45.2. The second-order valence-corrected chi connectivity index (χ2v) is 4.63. The number of piperidine rings is 2. The maximum atomic E-state index is 11.5. The maximum Gasteiger partial charge on any atom is 0.226 e. The van der Waals surface area contributed by atoms with Crippen molar-refractivity contribution in [2.75, 3.05) is 6.54 Å². The van der Waals surface area contributed by atoms with Crippen LogP contribution in [0.4, 0.5) is 0 Å². The van der Waals surface area contributed by atoms with E-state index in [9.17, 15) is 4.79 Å². The van der Waals surface area contributed by atoms with Crippen LogP contribution < -0.4 is 10.6 Å². The van der Waals surface area contributed by atoms with Gasteiger partial charge in [-0.3, -0.25) is 10.1 Å². The molecule has 2 N–H and O–H groups in total. The lowest BCUT2D eigenvalue weighted by Crippen LogP contribution is -2.56. The summed E-state index contributed by atoms with van der Waals surface area (Å²) in [5.74, 6) is 0.303. The number of hydrogen-bond donors (Lipinski definition) is 2. The first-order valence-electron chi connectivity index (χ1n) is 4.50. The molecule has 0 radical (unpaired) electrons. The minimum absolute atomic E-state index is 0.0623. The molecule has 74 valence electrons. The molecule has 0 spiro atoms. The molecule has 0 aromatic carbocycles. The van der Waals surface area contributed by atoms with Gasteiger partial charge in [0, 0.05) is 6.54 Å². The van der Waals surface area contributed by atoms with Crippen LogP contribution >= 0.6 is 23.2 Å². The highest BCUT2D eigenvalue weighted by molar-refractivity contribution is 6.24. The quantitative estimate of drug-likeness (QED) is 0.472. The predicted molar refractivity (Wildman–Crippen MR) is 51.6 cm³/mol. The summed E-state index contributed by atoms with van der Waals surface area (Å²) in [5.41, 5.74) is -0.406. The fraction of sp³-hybridized carbons (Fsp3) is 0.875. The summed E-state index contributed by atoms with van der Waals surface area (Å²) in [7, 11) is 0. The van der Waals surface area contributed by atoms with Crippen molar-refractivity contribution >= 4 is 29.1 Å². The Morgan fingerprint density at radius 3 is 2.92 bits per heavy atom. The molecule has 4 unspecified atom stereocenters. The predicted octanol–water partition coefficient (Wildman–Crippen LogP) is 0.862. The van der Waals surface area contributed by atoms with Gasteiger partial charge in [-0.15, -0.1) is 23.2 Å². The zero-order valence-electron chi connectivity index (χ0n) is 7.09. The topological polar surface area (TPSA) is 41.1 Å². The van der Waals surface area contributed by atoms with Crippen molar-refractivity contribution in [3.63, 3.8) is 0 Å². The summed E-state index contributed by atoms with van der Waals surface area (Å²) in [4.78, 5) is 11.5. The van der Waals surface area contributed by atoms with Gasteiger partial charge in [0.1, 0.15) is 0 Å². The lowest BCUT2D eigenvalue weighted by atomic mass is 9.81. The monoisotopic (exact) mass is 222 g/mol. The number of carbonyl (C=O) groups excluding carboxylic acids is 1. The first-order valence-corrected chi connectivity index (χ1v) is 5.37. The summed E-state index contributed by atoms with van der Waals surface area (Å²) in [6, 6.07) is 0. The van der Waals surface area contributed by atoms with Gasteiger partial charge in [0.2, 0.25) is 5.91 Å². The van der Waals surface area contributed by atoms with Crippen LogP contribution in [0.1, 0.15) is 12.8 Å². The highest BCUT2D eigenvalue weighted by Crippen LogP contribution is 2.34. The van der Waals surface area contributed by atoms with Crippen LogP contribution in [0.25, 0.3) is 0 Å². The van der Waals surface area contributed by atoms with E-state index in [-0.39, 0.29) is 22.8 Å². The largest absolute Gasteiger partial charge is 0.356 e. The van der Waals surface area contributed by atoms with Crippen LogP contribution in [0.2, 0.25) is 0 Å². The summed E-state index contributed by atoms with van der Waals surface area (Å²) in [6.45, 7) is 0.757. The van der Waals surface area contributed by atoms with Crippen LogP contribution in [0, 0.1) is 11.8 Å². The van der Waals surface area contributed by atoms with Gasteiger partial charge in [-0.25, -0.2) is 0 Å². The maximum absolute atomic E-state index is 11.5. The van der Waals surface area contributed by atoms with Crippen molar-refractivity contribution in [3.8, 4) is 0 Å². The Balaban J connectivity index is 2.12. The van der Waals surface area contributed by atoms with Gasteiger partial charge in [0.15, 0.2) is 0 Å². The molecule has 0 aromatic heterocycles. The van der Waals surface area contributed by atoms with Crippen molar-refractivity contribution in [1.29, 1.82) is 0 Å². The molecule has 0 aromatic rings. The molecule has 0 bridgehead atoms. The van der Waals surface area contributed by atoms with E-state index in [0.29, 0.717) is 5.92 Å². The minimum atomic E-state index is -0.318. The van der Waals surface area contributed by atoms with Crippen LogP contribution in [0.15, 0.2) is 0 Å². The van der Waals surface area contributed by atoms with Gasteiger partial charge in [0.05, 0.1) is 16.9 Å². The molecule has 5 heteroatoms. The van der Waals surface area contributed by atoms with Gasteiger partial charge < -0.3 is 5.32 Å². The molecule has 2 rings (SSSR count). The second kappa shape index (κ2) is 3.64. The third-order valence-corrected chi connectivity index (χ3v) is 3.49. The molecule has 13 heavy (non-hydrogen) atoms. The average Bonchev–Trinajstić information content (AvgIpc) is 2.02. The van der Waals surface area contributed by atoms with Gasteiger partial charge in [-0.1, -0.05) is 0 Å². The van der Waals surface area contributed by atoms with Crippen LogP contribution in [-0.4, -0.2) is 23.5 Å². The van der Waals surface area contributed by atoms with Gasteiger partial charge in [-0.05, 0) is 18.8 Å². The van der Waals surface area contributed by atoms with E-state index in [4.69, 9.17) is 23.2 Å². The molecule has 2 saturated heterocycles. The first-order chi connectivity index (χ1) is 6.18. The highest BCUT2D eigenvalue weighted by atomic mass is 35.5. The average molecular weight is 223 g/mol. The summed E-state index contributed by atoms with van der Waals surface area (Å²) in [6.07, 6.45) is 1.83. The van der Waals surface area contributed by atoms with E-state index in [1.54, 1.807) is 0 Å². The second-order valence-electron chi connectivity index (χ2n) is 3.64. The van der Waals surface area contributed by atoms with Gasteiger partial charge in [0.25, 0.3) is 0 Å². The first kappa shape index (κ1) is 9.56. The Kier molecular flexibility index (Phi) is 2.67. The molecule has 4 atom stereocenters. The third-order valence-electron chi connectivity index (χ3n) is 2.79. The fourth-order valence-corrected chi connectivity index (χ4v) is 3.04. The number of hydrogen-bond acceptors (Lipinski definition) is 2. The Morgan fingerprint density at radius 1 is 1.38 bits per heavy atom. The molecule has 2 aliphatic heterocycles. The molecular formula is C8H12Cl2N2O. The van der Waals surface area contributed by atoms with Crippen LogP contribution in [0.5, 0.6) is 0 Å². The molecule has 1 amide bonds. The van der Waals surface area contributed by atoms with E-state index in [0.717, 1.165) is 19.4 Å². The van der Waals surface area contributed by atoms with Crippen LogP contribution in [0.3, 0.4) is 0 Å². The van der Waals surface area contributed by atoms with E-state index in [2.05, 4.69) is 10.6 Å². The Hall–Kier alpha value is 0.01000. The smallest absolute Gasteiger partial charge is 0.226 e. The van der Waals surface area contributed by atoms with Crippen molar-refractivity contribution in [3.05, 3.63) is 0 Å². The minimum Gasteiger partial charge on any atom is -0.356 e. The van der Waals surface area contributed by atoms with Crippen molar-refractivity contribution < 1.29 is 4.79 Å². The number of amides is 1. The van der Waals surface area contributed by atoms with E-state index in [1.807, 2.05) is 0 Å². The fourth-order valence-electron chi connectivity index (χ4n) is 2.14. The van der Waals surface area contributed by atoms with Gasteiger partial charge in [-0.2, -0.15) is 0 Å². The number of alkyl halides is 2. The van der Waals surface area contributed by atoms with Crippen molar-refractivity contribution in [2.24, 2.45) is 11.8 Å². The van der Waals surface area contributed by atoms with Gasteiger partial charge >= 0.3 is 0 Å². The summed E-state index contributed by atoms with van der Waals surface area (Å²) in [5, 5.41) is 5.80. The molecule has 2 heterocycles. The SMILES string of the molecule is O=C1NCCC2CC(Cl)NC(Cl)C12. The standard InChI is InChI=1S/C8H12Cl2N2O/c9-5-3-4-1-2-11-8(13)6(4)7(10)12-5/h4-7,12H,1-3H2,(H,11,13). The molecular weight excluding hydrogens is 211 g/mol. The van der Waals surface area contributed by atoms with Crippen molar-refractivity contribution in [2.45, 2.75) is 23.8 Å². The Morgan fingerprint density at radius 2 is 2.15 bits per heavy atom. The molecule has 3 nitrogen and oxygen atoms in total.